The molecule has 0 aromatic heterocycles. The van der Waals surface area contributed by atoms with Gasteiger partial charge in [0.05, 0.1) is 30.7 Å². The van der Waals surface area contributed by atoms with E-state index in [0.717, 1.165) is 4.31 Å². The zero-order chi connectivity index (χ0) is 22.8. The second-order valence-corrected chi connectivity index (χ2v) is 9.40. The summed E-state index contributed by atoms with van der Waals surface area (Å²) < 4.78 is 36.3. The van der Waals surface area contributed by atoms with Gasteiger partial charge in [0.1, 0.15) is 11.5 Å². The van der Waals surface area contributed by atoms with Crippen molar-refractivity contribution in [2.75, 3.05) is 45.1 Å². The minimum absolute atomic E-state index is 0.0384. The monoisotopic (exact) mass is 447 g/mol. The molecular weight excluding hydrogens is 422 g/mol. The van der Waals surface area contributed by atoms with E-state index in [-0.39, 0.29) is 29.7 Å². The number of benzene rings is 2. The number of hydrogen-bond acceptors (Lipinski definition) is 6. The van der Waals surface area contributed by atoms with Crippen molar-refractivity contribution in [1.29, 1.82) is 0 Å². The fourth-order valence-electron chi connectivity index (χ4n) is 3.31. The average molecular weight is 448 g/mol. The number of rotatable bonds is 7. The molecule has 1 unspecified atom stereocenters. The first-order valence-electron chi connectivity index (χ1n) is 9.53. The van der Waals surface area contributed by atoms with Crippen LogP contribution in [0.1, 0.15) is 6.42 Å². The molecule has 2 aromatic rings. The summed E-state index contributed by atoms with van der Waals surface area (Å²) in [6.07, 6.45) is 0.0384. The molecule has 0 radical (unpaired) electrons. The highest BCUT2D eigenvalue weighted by Gasteiger charge is 2.36. The predicted molar refractivity (Wildman–Crippen MR) is 116 cm³/mol. The van der Waals surface area contributed by atoms with Crippen LogP contribution in [0.3, 0.4) is 0 Å². The van der Waals surface area contributed by atoms with E-state index in [2.05, 4.69) is 5.32 Å². The summed E-state index contributed by atoms with van der Waals surface area (Å²) in [6.45, 7) is 0.184. The van der Waals surface area contributed by atoms with Gasteiger partial charge in [-0.1, -0.05) is 6.07 Å². The third-order valence-electron chi connectivity index (χ3n) is 5.05. The molecule has 10 heteroatoms. The molecule has 0 spiro atoms. The normalized spacial score (nSPS) is 16.5. The van der Waals surface area contributed by atoms with E-state index in [1.165, 1.54) is 45.3 Å². The van der Waals surface area contributed by atoms with Crippen LogP contribution in [0.4, 0.5) is 11.4 Å². The van der Waals surface area contributed by atoms with Crippen LogP contribution < -0.4 is 19.7 Å². The average Bonchev–Trinajstić information content (AvgIpc) is 3.14. The molecule has 1 aliphatic heterocycles. The van der Waals surface area contributed by atoms with Gasteiger partial charge in [-0.2, -0.15) is 0 Å². The molecular formula is C21H25N3O6S. The Kier molecular flexibility index (Phi) is 6.51. The van der Waals surface area contributed by atoms with Crippen molar-refractivity contribution in [3.8, 4) is 11.5 Å². The zero-order valence-electron chi connectivity index (χ0n) is 17.8. The minimum Gasteiger partial charge on any atom is -0.497 e. The van der Waals surface area contributed by atoms with Crippen LogP contribution in [0.15, 0.2) is 47.4 Å². The van der Waals surface area contributed by atoms with Crippen molar-refractivity contribution >= 4 is 33.2 Å². The highest BCUT2D eigenvalue weighted by molar-refractivity contribution is 7.89. The molecule has 31 heavy (non-hydrogen) atoms. The number of nitrogens with zero attached hydrogens (tertiary/aromatic N) is 2. The van der Waals surface area contributed by atoms with E-state index in [4.69, 9.17) is 9.47 Å². The number of ether oxygens (including phenoxy) is 2. The topological polar surface area (TPSA) is 105 Å². The fourth-order valence-corrected chi connectivity index (χ4v) is 4.26. The zero-order valence-corrected chi connectivity index (χ0v) is 18.6. The first kappa shape index (κ1) is 22.6. The van der Waals surface area contributed by atoms with Gasteiger partial charge in [0.2, 0.25) is 21.8 Å². The van der Waals surface area contributed by atoms with Crippen LogP contribution in [0.25, 0.3) is 0 Å². The Morgan fingerprint density at radius 3 is 2.52 bits per heavy atom. The van der Waals surface area contributed by atoms with Crippen LogP contribution in [0.2, 0.25) is 0 Å². The predicted octanol–water partition coefficient (Wildman–Crippen LogP) is 1.95. The van der Waals surface area contributed by atoms with E-state index < -0.39 is 15.9 Å². The Balaban J connectivity index is 1.76. The van der Waals surface area contributed by atoms with Gasteiger partial charge < -0.3 is 19.7 Å². The van der Waals surface area contributed by atoms with E-state index in [0.29, 0.717) is 22.9 Å². The lowest BCUT2D eigenvalue weighted by Crippen LogP contribution is -2.28. The van der Waals surface area contributed by atoms with Gasteiger partial charge in [-0.05, 0) is 30.3 Å². The molecule has 0 aliphatic carbocycles. The summed E-state index contributed by atoms with van der Waals surface area (Å²) in [5, 5.41) is 2.72. The Morgan fingerprint density at radius 2 is 1.87 bits per heavy atom. The standard InChI is InChI=1S/C21H25N3O6S/c1-23(2)31(27,28)17-7-5-6-15(11-17)22-21(26)14-10-20(25)24(13-14)18-9-8-16(29-3)12-19(18)30-4/h5-9,11-12,14H,10,13H2,1-4H3,(H,22,26). The molecule has 9 nitrogen and oxygen atoms in total. The third kappa shape index (κ3) is 4.64. The van der Waals surface area contributed by atoms with E-state index >= 15 is 0 Å². The molecule has 1 aliphatic rings. The van der Waals surface area contributed by atoms with Gasteiger partial charge in [0, 0.05) is 38.8 Å². The number of carbonyl (C=O) groups excluding carboxylic acids is 2. The van der Waals surface area contributed by atoms with Gasteiger partial charge in [-0.25, -0.2) is 12.7 Å². The van der Waals surface area contributed by atoms with Crippen LogP contribution in [0.5, 0.6) is 11.5 Å². The number of amides is 2. The first-order chi connectivity index (χ1) is 14.7. The Labute approximate surface area is 181 Å². The lowest BCUT2D eigenvalue weighted by molar-refractivity contribution is -0.122. The maximum atomic E-state index is 12.8. The number of sulfonamides is 1. The van der Waals surface area contributed by atoms with Crippen molar-refractivity contribution in [2.24, 2.45) is 5.92 Å². The lowest BCUT2D eigenvalue weighted by atomic mass is 10.1. The quantitative estimate of drug-likeness (QED) is 0.696. The molecule has 0 saturated carbocycles. The van der Waals surface area contributed by atoms with Crippen LogP contribution in [-0.4, -0.2) is 59.4 Å². The highest BCUT2D eigenvalue weighted by atomic mass is 32.2. The number of nitrogens with one attached hydrogen (secondary N) is 1. The second kappa shape index (κ2) is 8.94. The van der Waals surface area contributed by atoms with Gasteiger partial charge in [0.15, 0.2) is 0 Å². The smallest absolute Gasteiger partial charge is 0.242 e. The van der Waals surface area contributed by atoms with Gasteiger partial charge in [-0.15, -0.1) is 0 Å². The van der Waals surface area contributed by atoms with Crippen LogP contribution >= 0.6 is 0 Å². The second-order valence-electron chi connectivity index (χ2n) is 7.25. The first-order valence-corrected chi connectivity index (χ1v) is 11.0. The Bertz CT molecular complexity index is 1100. The molecule has 1 atom stereocenters. The summed E-state index contributed by atoms with van der Waals surface area (Å²) in [7, 11) is 2.28. The summed E-state index contributed by atoms with van der Waals surface area (Å²) in [5.74, 6) is -0.0897. The Morgan fingerprint density at radius 1 is 1.13 bits per heavy atom. The summed E-state index contributed by atoms with van der Waals surface area (Å²) in [4.78, 5) is 27.0. The fraction of sp³-hybridized carbons (Fsp3) is 0.333. The van der Waals surface area contributed by atoms with Crippen molar-refractivity contribution in [1.82, 2.24) is 4.31 Å². The molecule has 1 saturated heterocycles. The maximum Gasteiger partial charge on any atom is 0.242 e. The van der Waals surface area contributed by atoms with Gasteiger partial charge in [0.25, 0.3) is 0 Å². The van der Waals surface area contributed by atoms with E-state index in [9.17, 15) is 18.0 Å². The summed E-state index contributed by atoms with van der Waals surface area (Å²) in [5.41, 5.74) is 0.906. The molecule has 2 amide bonds. The van der Waals surface area contributed by atoms with Crippen molar-refractivity contribution < 1.29 is 27.5 Å². The minimum atomic E-state index is -3.63. The van der Waals surface area contributed by atoms with Crippen molar-refractivity contribution in [3.63, 3.8) is 0 Å². The summed E-state index contributed by atoms with van der Waals surface area (Å²) >= 11 is 0. The van der Waals surface area contributed by atoms with Gasteiger partial charge in [-0.3, -0.25) is 9.59 Å². The Hall–Kier alpha value is -3.11. The molecule has 1 N–H and O–H groups in total. The number of carbonyl (C=O) groups is 2. The van der Waals surface area contributed by atoms with E-state index in [1.54, 1.807) is 30.3 Å². The molecule has 3 rings (SSSR count). The number of hydrogen-bond donors (Lipinski definition) is 1. The summed E-state index contributed by atoms with van der Waals surface area (Å²) in [6, 6.07) is 11.1. The van der Waals surface area contributed by atoms with Crippen LogP contribution in [-0.2, 0) is 19.6 Å². The van der Waals surface area contributed by atoms with Crippen molar-refractivity contribution in [2.45, 2.75) is 11.3 Å². The number of methoxy groups -OCH3 is 2. The van der Waals surface area contributed by atoms with Crippen molar-refractivity contribution in [3.05, 3.63) is 42.5 Å². The lowest BCUT2D eigenvalue weighted by Gasteiger charge is -2.20. The van der Waals surface area contributed by atoms with E-state index in [1.807, 2.05) is 0 Å². The molecule has 1 heterocycles. The molecule has 166 valence electrons. The SMILES string of the molecule is COc1ccc(N2CC(C(=O)Nc3cccc(S(=O)(=O)N(C)C)c3)CC2=O)c(OC)c1. The third-order valence-corrected chi connectivity index (χ3v) is 6.86. The molecule has 2 aromatic carbocycles. The molecule has 1 fully saturated rings. The molecule has 0 bridgehead atoms. The van der Waals surface area contributed by atoms with Crippen LogP contribution in [0, 0.1) is 5.92 Å². The largest absolute Gasteiger partial charge is 0.497 e. The number of anilines is 2. The maximum absolute atomic E-state index is 12.8. The van der Waals surface area contributed by atoms with Gasteiger partial charge >= 0.3 is 0 Å². The highest BCUT2D eigenvalue weighted by Crippen LogP contribution is 2.36.